The van der Waals surface area contributed by atoms with Gasteiger partial charge in [-0.3, -0.25) is 4.79 Å². The van der Waals surface area contributed by atoms with Gasteiger partial charge in [0.2, 0.25) is 5.91 Å². The summed E-state index contributed by atoms with van der Waals surface area (Å²) in [6.07, 6.45) is 26.9. The van der Waals surface area contributed by atoms with E-state index < -0.39 is 6.10 Å². The molecule has 0 radical (unpaired) electrons. The number of hydrogen-bond acceptors (Lipinski definition) is 3. The van der Waals surface area contributed by atoms with Crippen molar-refractivity contribution in [2.75, 3.05) is 40.3 Å². The van der Waals surface area contributed by atoms with E-state index in [1.165, 1.54) is 109 Å². The van der Waals surface area contributed by atoms with E-state index in [1.807, 2.05) is 14.1 Å². The van der Waals surface area contributed by atoms with Crippen molar-refractivity contribution in [3.05, 3.63) is 0 Å². The summed E-state index contributed by atoms with van der Waals surface area (Å²) in [5.41, 5.74) is 0. The maximum absolute atomic E-state index is 12.0. The molecule has 0 aromatic carbocycles. The van der Waals surface area contributed by atoms with Gasteiger partial charge in [0.25, 0.3) is 0 Å². The van der Waals surface area contributed by atoms with Crippen molar-refractivity contribution in [1.82, 2.24) is 5.32 Å². The number of unbranched alkanes of at least 4 members (excludes halogenated alkanes) is 18. The molecule has 1 atom stereocenters. The summed E-state index contributed by atoms with van der Waals surface area (Å²) in [6.45, 7) is 4.18. The minimum absolute atomic E-state index is 0.165. The fraction of sp³-hybridized carbons (Fsp3) is 0.967. The second-order valence-electron chi connectivity index (χ2n) is 11.5. The lowest BCUT2D eigenvalue weighted by atomic mass is 10.0. The third-order valence-electron chi connectivity index (χ3n) is 7.19. The Hall–Kier alpha value is -0.650. The first-order chi connectivity index (χ1) is 16.9. The van der Waals surface area contributed by atoms with Crippen LogP contribution >= 0.6 is 0 Å². The third kappa shape index (κ3) is 26.2. The van der Waals surface area contributed by atoms with E-state index in [0.717, 1.165) is 25.8 Å². The second kappa shape index (κ2) is 25.0. The molecule has 0 aliphatic heterocycles. The van der Waals surface area contributed by atoms with Crippen molar-refractivity contribution in [3.63, 3.8) is 0 Å². The molecule has 0 aliphatic carbocycles. The van der Waals surface area contributed by atoms with Gasteiger partial charge in [0.1, 0.15) is 12.6 Å². The molecule has 5 nitrogen and oxygen atoms in total. The number of quaternary nitrogens is 1. The number of carbonyl (C=O) groups excluding carboxylic acids is 1. The Labute approximate surface area is 219 Å². The largest absolute Gasteiger partial charge is 0.393 e. The van der Waals surface area contributed by atoms with E-state index in [2.05, 4.69) is 12.2 Å². The van der Waals surface area contributed by atoms with Gasteiger partial charge < -0.3 is 20.0 Å². The molecule has 0 aromatic heterocycles. The Morgan fingerprint density at radius 1 is 0.686 bits per heavy atom. The Morgan fingerprint density at radius 3 is 1.49 bits per heavy atom. The van der Waals surface area contributed by atoms with Crippen molar-refractivity contribution >= 4 is 5.91 Å². The van der Waals surface area contributed by atoms with Crippen molar-refractivity contribution in [2.24, 2.45) is 0 Å². The number of likely N-dealkylation sites (N-methyl/N-ethyl adjacent to an activating group) is 1. The number of nitrogens with one attached hydrogen (secondary N) is 1. The Balaban J connectivity index is 3.29. The molecule has 5 heteroatoms. The van der Waals surface area contributed by atoms with E-state index in [4.69, 9.17) is 5.11 Å². The Morgan fingerprint density at radius 2 is 1.09 bits per heavy atom. The van der Waals surface area contributed by atoms with Gasteiger partial charge in [-0.1, -0.05) is 122 Å². The van der Waals surface area contributed by atoms with Crippen LogP contribution in [-0.2, 0) is 4.79 Å². The average Bonchev–Trinajstić information content (AvgIpc) is 2.83. The minimum Gasteiger partial charge on any atom is -0.393 e. The van der Waals surface area contributed by atoms with Crippen molar-refractivity contribution in [1.29, 1.82) is 0 Å². The highest BCUT2D eigenvalue weighted by molar-refractivity contribution is 5.75. The molecular formula is C30H63N2O3+. The van der Waals surface area contributed by atoms with E-state index >= 15 is 0 Å². The molecule has 0 bridgehead atoms. The fourth-order valence-corrected chi connectivity index (χ4v) is 4.91. The molecule has 0 aromatic rings. The minimum atomic E-state index is -0.672. The highest BCUT2D eigenvalue weighted by Crippen LogP contribution is 2.14. The number of aliphatic hydroxyl groups excluding tert-OH is 2. The normalized spacial score (nSPS) is 12.7. The summed E-state index contributed by atoms with van der Waals surface area (Å²) >= 11 is 0. The van der Waals surface area contributed by atoms with Gasteiger partial charge in [-0.2, -0.15) is 0 Å². The standard InChI is InChI=1S/C30H62N2O3/c1-4-5-6-7-8-9-10-11-12-13-14-15-16-17-18-19-20-21-22-24-30(35)31-25-23-26-32(2,3)27-29(34)28-33/h29,33-34H,4-28H2,1-3H3/p+1. The predicted octanol–water partition coefficient (Wildman–Crippen LogP) is 6.74. The third-order valence-corrected chi connectivity index (χ3v) is 7.19. The van der Waals surface area contributed by atoms with Crippen LogP contribution < -0.4 is 5.32 Å². The van der Waals surface area contributed by atoms with Crippen LogP contribution in [0.25, 0.3) is 0 Å². The SMILES string of the molecule is CCCCCCCCCCCCCCCCCCCCCC(=O)NCCC[N+](C)(C)CC(O)CO. The number of carbonyl (C=O) groups is 1. The summed E-state index contributed by atoms with van der Waals surface area (Å²) in [4.78, 5) is 12.0. The first kappa shape index (κ1) is 34.4. The van der Waals surface area contributed by atoms with Crippen LogP contribution in [0.2, 0.25) is 0 Å². The summed E-state index contributed by atoms with van der Waals surface area (Å²) in [5.74, 6) is 0.165. The molecule has 0 saturated carbocycles. The molecule has 35 heavy (non-hydrogen) atoms. The lowest BCUT2D eigenvalue weighted by Gasteiger charge is -2.31. The highest BCUT2D eigenvalue weighted by Gasteiger charge is 2.19. The molecule has 3 N–H and O–H groups in total. The van der Waals surface area contributed by atoms with Gasteiger partial charge >= 0.3 is 0 Å². The number of rotatable bonds is 27. The lowest BCUT2D eigenvalue weighted by Crippen LogP contribution is -2.47. The first-order valence-electron chi connectivity index (χ1n) is 15.3. The highest BCUT2D eigenvalue weighted by atomic mass is 16.3. The first-order valence-corrected chi connectivity index (χ1v) is 15.3. The van der Waals surface area contributed by atoms with Crippen LogP contribution in [0.15, 0.2) is 0 Å². The van der Waals surface area contributed by atoms with Crippen LogP contribution in [0.1, 0.15) is 142 Å². The van der Waals surface area contributed by atoms with Gasteiger partial charge in [-0.25, -0.2) is 0 Å². The summed E-state index contributed by atoms with van der Waals surface area (Å²) in [5, 5.41) is 21.6. The van der Waals surface area contributed by atoms with Crippen LogP contribution in [0.5, 0.6) is 0 Å². The van der Waals surface area contributed by atoms with Crippen LogP contribution in [0, 0.1) is 0 Å². The van der Waals surface area contributed by atoms with Gasteiger partial charge in [0.15, 0.2) is 0 Å². The van der Waals surface area contributed by atoms with E-state index in [9.17, 15) is 9.90 Å². The maximum Gasteiger partial charge on any atom is 0.219 e. The number of aliphatic hydroxyl groups is 2. The Bertz CT molecular complexity index is 457. The van der Waals surface area contributed by atoms with E-state index in [1.54, 1.807) is 0 Å². The number of hydrogen-bond donors (Lipinski definition) is 3. The molecule has 1 amide bonds. The summed E-state index contributed by atoms with van der Waals surface area (Å²) in [7, 11) is 4.08. The van der Waals surface area contributed by atoms with Crippen LogP contribution in [0.4, 0.5) is 0 Å². The zero-order chi connectivity index (χ0) is 26.0. The summed E-state index contributed by atoms with van der Waals surface area (Å²) in [6, 6.07) is 0. The molecule has 0 spiro atoms. The maximum atomic E-state index is 12.0. The summed E-state index contributed by atoms with van der Waals surface area (Å²) < 4.78 is 0.650. The molecular weight excluding hydrogens is 436 g/mol. The molecule has 0 fully saturated rings. The second-order valence-corrected chi connectivity index (χ2v) is 11.5. The van der Waals surface area contributed by atoms with Crippen molar-refractivity contribution in [2.45, 2.75) is 148 Å². The van der Waals surface area contributed by atoms with Crippen molar-refractivity contribution < 1.29 is 19.5 Å². The lowest BCUT2D eigenvalue weighted by molar-refractivity contribution is -0.893. The van der Waals surface area contributed by atoms with E-state index in [0.29, 0.717) is 24.0 Å². The van der Waals surface area contributed by atoms with Gasteiger partial charge in [0, 0.05) is 19.4 Å². The monoisotopic (exact) mass is 499 g/mol. The molecule has 0 aliphatic rings. The zero-order valence-corrected chi connectivity index (χ0v) is 24.0. The Kier molecular flexibility index (Phi) is 24.6. The zero-order valence-electron chi connectivity index (χ0n) is 24.0. The van der Waals surface area contributed by atoms with Crippen LogP contribution in [-0.4, -0.2) is 67.0 Å². The quantitative estimate of drug-likeness (QED) is 0.0865. The number of amides is 1. The topological polar surface area (TPSA) is 69.6 Å². The molecule has 1 unspecified atom stereocenters. The molecule has 210 valence electrons. The average molecular weight is 500 g/mol. The van der Waals surface area contributed by atoms with Crippen LogP contribution in [0.3, 0.4) is 0 Å². The van der Waals surface area contributed by atoms with Gasteiger partial charge in [-0.15, -0.1) is 0 Å². The van der Waals surface area contributed by atoms with Gasteiger partial charge in [-0.05, 0) is 6.42 Å². The molecule has 0 rings (SSSR count). The molecule has 0 saturated heterocycles. The fourth-order valence-electron chi connectivity index (χ4n) is 4.91. The molecule has 0 heterocycles. The van der Waals surface area contributed by atoms with Gasteiger partial charge in [0.05, 0.1) is 27.2 Å². The smallest absolute Gasteiger partial charge is 0.219 e. The van der Waals surface area contributed by atoms with E-state index in [-0.39, 0.29) is 12.5 Å². The predicted molar refractivity (Wildman–Crippen MR) is 151 cm³/mol. The number of nitrogens with zero attached hydrogens (tertiary/aromatic N) is 1. The van der Waals surface area contributed by atoms with Crippen molar-refractivity contribution in [3.8, 4) is 0 Å².